The first-order chi connectivity index (χ1) is 13.7. The van der Waals surface area contributed by atoms with Crippen LogP contribution in [0.25, 0.3) is 21.5 Å². The number of aliphatic hydroxyl groups is 1. The zero-order valence-electron chi connectivity index (χ0n) is 16.6. The summed E-state index contributed by atoms with van der Waals surface area (Å²) in [5, 5.41) is 22.2. The number of aliphatic hydroxyl groups excluding tert-OH is 1. The molecule has 3 nitrogen and oxygen atoms in total. The zero-order valence-corrected chi connectivity index (χ0v) is 16.6. The molecule has 0 aromatic heterocycles. The second-order valence-corrected chi connectivity index (χ2v) is 7.24. The Bertz CT molecular complexity index is 736. The molecule has 3 aromatic rings. The van der Waals surface area contributed by atoms with Crippen molar-refractivity contribution in [2.45, 2.75) is 57.8 Å². The van der Waals surface area contributed by atoms with Gasteiger partial charge in [-0.25, -0.2) is 0 Å². The number of rotatable bonds is 10. The molecule has 0 saturated heterocycles. The van der Waals surface area contributed by atoms with E-state index in [1.807, 2.05) is 0 Å². The van der Waals surface area contributed by atoms with Gasteiger partial charge in [0.1, 0.15) is 0 Å². The molecular weight excluding hydrogens is 348 g/mol. The normalized spacial score (nSPS) is 10.6. The van der Waals surface area contributed by atoms with Crippen LogP contribution in [-0.2, 0) is 4.79 Å². The average Bonchev–Trinajstić information content (AvgIpc) is 2.71. The van der Waals surface area contributed by atoms with Gasteiger partial charge in [-0.05, 0) is 46.5 Å². The van der Waals surface area contributed by atoms with Crippen molar-refractivity contribution in [3.63, 3.8) is 0 Å². The van der Waals surface area contributed by atoms with E-state index >= 15 is 0 Å². The van der Waals surface area contributed by atoms with E-state index < -0.39 is 5.97 Å². The van der Waals surface area contributed by atoms with E-state index in [4.69, 9.17) is 10.2 Å². The van der Waals surface area contributed by atoms with Gasteiger partial charge in [0.05, 0.1) is 0 Å². The summed E-state index contributed by atoms with van der Waals surface area (Å²) in [4.78, 5) is 10.2. The van der Waals surface area contributed by atoms with Crippen LogP contribution in [-0.4, -0.2) is 22.8 Å². The van der Waals surface area contributed by atoms with E-state index in [1.54, 1.807) is 0 Å². The van der Waals surface area contributed by atoms with Gasteiger partial charge in [-0.15, -0.1) is 0 Å². The lowest BCUT2D eigenvalue weighted by Crippen LogP contribution is -1.93. The van der Waals surface area contributed by atoms with E-state index in [2.05, 4.69) is 60.7 Å². The summed E-state index contributed by atoms with van der Waals surface area (Å²) in [6.45, 7) is 0.304. The first kappa shape index (κ1) is 21.9. The van der Waals surface area contributed by atoms with Crippen LogP contribution in [0.5, 0.6) is 0 Å². The van der Waals surface area contributed by atoms with E-state index in [9.17, 15) is 4.79 Å². The van der Waals surface area contributed by atoms with E-state index in [0.717, 1.165) is 32.1 Å². The summed E-state index contributed by atoms with van der Waals surface area (Å²) >= 11 is 0. The highest BCUT2D eigenvalue weighted by molar-refractivity contribution is 5.98. The lowest BCUT2D eigenvalue weighted by atomic mass is 10.0. The number of unbranched alkanes of at least 4 members (excludes halogenated alkanes) is 7. The van der Waals surface area contributed by atoms with Crippen LogP contribution in [0, 0.1) is 0 Å². The molecular formula is C25H32O3. The third kappa shape index (κ3) is 8.10. The third-order valence-corrected chi connectivity index (χ3v) is 4.91. The molecule has 150 valence electrons. The van der Waals surface area contributed by atoms with Gasteiger partial charge >= 0.3 is 5.97 Å². The maximum atomic E-state index is 10.2. The molecule has 3 heteroatoms. The molecule has 0 atom stereocenters. The average molecular weight is 381 g/mol. The fraction of sp³-hybridized carbons (Fsp3) is 0.400. The van der Waals surface area contributed by atoms with Crippen molar-refractivity contribution in [1.82, 2.24) is 0 Å². The molecule has 0 radical (unpaired) electrons. The fourth-order valence-electron chi connectivity index (χ4n) is 3.33. The SMILES string of the molecule is O=C(O)CCCCCCCCCCO.c1ccc2cc3ccccc3cc2c1. The Morgan fingerprint density at radius 1 is 0.607 bits per heavy atom. The molecule has 28 heavy (non-hydrogen) atoms. The molecule has 3 aromatic carbocycles. The van der Waals surface area contributed by atoms with Crippen molar-refractivity contribution in [2.24, 2.45) is 0 Å². The van der Waals surface area contributed by atoms with Crippen LogP contribution in [0.4, 0.5) is 0 Å². The maximum Gasteiger partial charge on any atom is 0.303 e. The Morgan fingerprint density at radius 2 is 0.964 bits per heavy atom. The molecule has 0 spiro atoms. The molecule has 2 N–H and O–H groups in total. The predicted molar refractivity (Wildman–Crippen MR) is 118 cm³/mol. The summed E-state index contributed by atoms with van der Waals surface area (Å²) in [6.07, 6.45) is 8.94. The Morgan fingerprint density at radius 3 is 1.32 bits per heavy atom. The number of carbonyl (C=O) groups is 1. The third-order valence-electron chi connectivity index (χ3n) is 4.91. The van der Waals surface area contributed by atoms with Crippen molar-refractivity contribution < 1.29 is 15.0 Å². The number of aliphatic carboxylic acids is 1. The van der Waals surface area contributed by atoms with Gasteiger partial charge < -0.3 is 10.2 Å². The van der Waals surface area contributed by atoms with Crippen molar-refractivity contribution in [1.29, 1.82) is 0 Å². The Balaban J connectivity index is 0.000000200. The molecule has 0 amide bonds. The maximum absolute atomic E-state index is 10.2. The van der Waals surface area contributed by atoms with Gasteiger partial charge in [-0.2, -0.15) is 0 Å². The lowest BCUT2D eigenvalue weighted by Gasteiger charge is -2.00. The quantitative estimate of drug-likeness (QED) is 0.309. The number of fused-ring (bicyclic) bond motifs is 2. The highest BCUT2D eigenvalue weighted by Gasteiger charge is 1.97. The number of benzene rings is 3. The smallest absolute Gasteiger partial charge is 0.303 e. The lowest BCUT2D eigenvalue weighted by molar-refractivity contribution is -0.137. The standard InChI is InChI=1S/C14H10.C11H22O3/c1-2-6-12-10-14-8-4-3-7-13(14)9-11(12)5-1;12-10-8-6-4-2-1-3-5-7-9-11(13)14/h1-10H;12H,1-10H2,(H,13,14). The van der Waals surface area contributed by atoms with Crippen molar-refractivity contribution in [2.75, 3.05) is 6.61 Å². The molecule has 0 heterocycles. The van der Waals surface area contributed by atoms with Crippen molar-refractivity contribution in [3.8, 4) is 0 Å². The van der Waals surface area contributed by atoms with Crippen LogP contribution < -0.4 is 0 Å². The largest absolute Gasteiger partial charge is 0.481 e. The first-order valence-electron chi connectivity index (χ1n) is 10.4. The van der Waals surface area contributed by atoms with Crippen LogP contribution in [0.1, 0.15) is 57.8 Å². The molecule has 3 rings (SSSR count). The number of carboxylic acids is 1. The van der Waals surface area contributed by atoms with Gasteiger partial charge in [0.25, 0.3) is 0 Å². The van der Waals surface area contributed by atoms with Crippen LogP contribution in [0.15, 0.2) is 60.7 Å². The highest BCUT2D eigenvalue weighted by Crippen LogP contribution is 2.22. The summed E-state index contributed by atoms with van der Waals surface area (Å²) in [5.41, 5.74) is 0. The van der Waals surface area contributed by atoms with E-state index in [0.29, 0.717) is 13.0 Å². The Hall–Kier alpha value is -2.39. The topological polar surface area (TPSA) is 57.5 Å². The molecule has 0 fully saturated rings. The van der Waals surface area contributed by atoms with Crippen LogP contribution in [0.3, 0.4) is 0 Å². The minimum atomic E-state index is -0.687. The second-order valence-electron chi connectivity index (χ2n) is 7.24. The molecule has 0 aliphatic rings. The predicted octanol–water partition coefficient (Wildman–Crippen LogP) is 6.57. The number of hydrogen-bond donors (Lipinski definition) is 2. The summed E-state index contributed by atoms with van der Waals surface area (Å²) in [7, 11) is 0. The molecule has 0 aliphatic carbocycles. The summed E-state index contributed by atoms with van der Waals surface area (Å²) in [6, 6.07) is 21.4. The number of carboxylic acid groups (broad SMARTS) is 1. The summed E-state index contributed by atoms with van der Waals surface area (Å²) in [5.74, 6) is -0.687. The summed E-state index contributed by atoms with van der Waals surface area (Å²) < 4.78 is 0. The van der Waals surface area contributed by atoms with Gasteiger partial charge in [-0.3, -0.25) is 4.79 Å². The van der Waals surface area contributed by atoms with E-state index in [1.165, 1.54) is 40.8 Å². The van der Waals surface area contributed by atoms with Gasteiger partial charge in [0.15, 0.2) is 0 Å². The van der Waals surface area contributed by atoms with Crippen LogP contribution >= 0.6 is 0 Å². The molecule has 0 unspecified atom stereocenters. The second kappa shape index (κ2) is 12.9. The van der Waals surface area contributed by atoms with Gasteiger partial charge in [0.2, 0.25) is 0 Å². The minimum Gasteiger partial charge on any atom is -0.481 e. The fourth-order valence-corrected chi connectivity index (χ4v) is 3.33. The molecule has 0 bridgehead atoms. The van der Waals surface area contributed by atoms with Gasteiger partial charge in [0, 0.05) is 13.0 Å². The van der Waals surface area contributed by atoms with Crippen molar-refractivity contribution >= 4 is 27.5 Å². The highest BCUT2D eigenvalue weighted by atomic mass is 16.4. The minimum absolute atomic E-state index is 0.304. The Kier molecular flexibility index (Phi) is 10.1. The van der Waals surface area contributed by atoms with E-state index in [-0.39, 0.29) is 0 Å². The van der Waals surface area contributed by atoms with Crippen LogP contribution in [0.2, 0.25) is 0 Å². The van der Waals surface area contributed by atoms with Gasteiger partial charge in [-0.1, -0.05) is 87.1 Å². The molecule has 0 aliphatic heterocycles. The first-order valence-corrected chi connectivity index (χ1v) is 10.4. The van der Waals surface area contributed by atoms with Crippen molar-refractivity contribution in [3.05, 3.63) is 60.7 Å². The Labute approximate surface area is 168 Å². The molecule has 0 saturated carbocycles. The monoisotopic (exact) mass is 380 g/mol. The zero-order chi connectivity index (χ0) is 20.0. The number of hydrogen-bond acceptors (Lipinski definition) is 2.